The van der Waals surface area contributed by atoms with Crippen LogP contribution in [0.3, 0.4) is 0 Å². The summed E-state index contributed by atoms with van der Waals surface area (Å²) in [6, 6.07) is 5.65. The van der Waals surface area contributed by atoms with Crippen LogP contribution in [0.15, 0.2) is 23.6 Å². The van der Waals surface area contributed by atoms with Gasteiger partial charge in [-0.3, -0.25) is 4.90 Å². The Kier molecular flexibility index (Phi) is 4.58. The predicted molar refractivity (Wildman–Crippen MR) is 85.7 cm³/mol. The van der Waals surface area contributed by atoms with Gasteiger partial charge >= 0.3 is 0 Å². The van der Waals surface area contributed by atoms with E-state index in [0.717, 1.165) is 49.0 Å². The molecule has 0 spiro atoms. The van der Waals surface area contributed by atoms with Crippen LogP contribution in [0, 0.1) is 0 Å². The van der Waals surface area contributed by atoms with Gasteiger partial charge in [-0.25, -0.2) is 4.98 Å². The first-order valence-corrected chi connectivity index (χ1v) is 8.19. The van der Waals surface area contributed by atoms with E-state index in [4.69, 9.17) is 23.2 Å². The van der Waals surface area contributed by atoms with Crippen LogP contribution < -0.4 is 5.32 Å². The van der Waals surface area contributed by atoms with Crippen molar-refractivity contribution < 1.29 is 0 Å². The third kappa shape index (κ3) is 3.15. The Morgan fingerprint density at radius 2 is 2.05 bits per heavy atom. The van der Waals surface area contributed by atoms with Crippen molar-refractivity contribution in [1.29, 1.82) is 0 Å². The molecule has 0 aliphatic carbocycles. The summed E-state index contributed by atoms with van der Waals surface area (Å²) in [6.07, 6.45) is 0. The van der Waals surface area contributed by atoms with E-state index in [0.29, 0.717) is 10.0 Å². The average Bonchev–Trinajstić information content (AvgIpc) is 2.91. The number of hydrogen-bond donors (Lipinski definition) is 1. The summed E-state index contributed by atoms with van der Waals surface area (Å²) < 4.78 is 0. The smallest absolute Gasteiger partial charge is 0.107 e. The minimum atomic E-state index is 0.570. The van der Waals surface area contributed by atoms with Crippen LogP contribution in [0.2, 0.25) is 10.0 Å². The van der Waals surface area contributed by atoms with Gasteiger partial charge in [0.2, 0.25) is 0 Å². The van der Waals surface area contributed by atoms with Crippen molar-refractivity contribution in [3.8, 4) is 11.3 Å². The maximum absolute atomic E-state index is 6.24. The molecule has 1 N–H and O–H groups in total. The first-order valence-electron chi connectivity index (χ1n) is 6.56. The summed E-state index contributed by atoms with van der Waals surface area (Å²) in [5.41, 5.74) is 1.81. The SMILES string of the molecule is Clc1cccc(-c2csc(CN3CCNCC3)n2)c1Cl. The van der Waals surface area contributed by atoms with E-state index in [1.165, 1.54) is 0 Å². The molecule has 1 fully saturated rings. The summed E-state index contributed by atoms with van der Waals surface area (Å²) in [5, 5.41) is 7.68. The number of aromatic nitrogens is 1. The maximum atomic E-state index is 6.24. The molecule has 0 amide bonds. The van der Waals surface area contributed by atoms with Gasteiger partial charge in [0.05, 0.1) is 22.3 Å². The van der Waals surface area contributed by atoms with Crippen molar-refractivity contribution in [1.82, 2.24) is 15.2 Å². The van der Waals surface area contributed by atoms with Crippen LogP contribution >= 0.6 is 34.5 Å². The molecular formula is C14H15Cl2N3S. The fourth-order valence-electron chi connectivity index (χ4n) is 2.27. The van der Waals surface area contributed by atoms with Gasteiger partial charge in [-0.1, -0.05) is 35.3 Å². The molecule has 1 aliphatic heterocycles. The molecule has 106 valence electrons. The van der Waals surface area contributed by atoms with Gasteiger partial charge in [-0.2, -0.15) is 0 Å². The van der Waals surface area contributed by atoms with E-state index in [1.54, 1.807) is 17.4 Å². The second-order valence-corrected chi connectivity index (χ2v) is 6.48. The lowest BCUT2D eigenvalue weighted by Crippen LogP contribution is -2.42. The number of hydrogen-bond acceptors (Lipinski definition) is 4. The topological polar surface area (TPSA) is 28.2 Å². The van der Waals surface area contributed by atoms with E-state index in [-0.39, 0.29) is 0 Å². The Hall–Kier alpha value is -0.650. The molecule has 6 heteroatoms. The Bertz CT molecular complexity index is 594. The fraction of sp³-hybridized carbons (Fsp3) is 0.357. The highest BCUT2D eigenvalue weighted by molar-refractivity contribution is 7.09. The van der Waals surface area contributed by atoms with Crippen LogP contribution in [0.4, 0.5) is 0 Å². The van der Waals surface area contributed by atoms with Crippen LogP contribution in [0.1, 0.15) is 5.01 Å². The van der Waals surface area contributed by atoms with Crippen molar-refractivity contribution in [2.75, 3.05) is 26.2 Å². The summed E-state index contributed by atoms with van der Waals surface area (Å²) in [6.45, 7) is 5.17. The monoisotopic (exact) mass is 327 g/mol. The van der Waals surface area contributed by atoms with Gasteiger partial charge in [0.1, 0.15) is 5.01 Å². The van der Waals surface area contributed by atoms with E-state index in [9.17, 15) is 0 Å². The van der Waals surface area contributed by atoms with Gasteiger partial charge in [-0.05, 0) is 6.07 Å². The number of nitrogens with one attached hydrogen (secondary N) is 1. The Morgan fingerprint density at radius 1 is 1.25 bits per heavy atom. The summed E-state index contributed by atoms with van der Waals surface area (Å²) in [5.74, 6) is 0. The zero-order chi connectivity index (χ0) is 13.9. The number of nitrogens with zero attached hydrogens (tertiary/aromatic N) is 2. The first kappa shape index (κ1) is 14.3. The van der Waals surface area contributed by atoms with Crippen molar-refractivity contribution in [3.63, 3.8) is 0 Å². The molecule has 2 aromatic rings. The lowest BCUT2D eigenvalue weighted by Gasteiger charge is -2.26. The van der Waals surface area contributed by atoms with Crippen molar-refractivity contribution in [3.05, 3.63) is 38.6 Å². The van der Waals surface area contributed by atoms with Crippen LogP contribution in [-0.4, -0.2) is 36.1 Å². The second kappa shape index (κ2) is 6.41. The third-order valence-corrected chi connectivity index (χ3v) is 5.00. The normalized spacial score (nSPS) is 16.5. The maximum Gasteiger partial charge on any atom is 0.107 e. The van der Waals surface area contributed by atoms with Crippen molar-refractivity contribution in [2.45, 2.75) is 6.54 Å². The Balaban J connectivity index is 1.77. The van der Waals surface area contributed by atoms with E-state index < -0.39 is 0 Å². The lowest BCUT2D eigenvalue weighted by atomic mass is 10.2. The Labute approximate surface area is 132 Å². The zero-order valence-corrected chi connectivity index (χ0v) is 13.2. The molecular weight excluding hydrogens is 313 g/mol. The molecule has 0 saturated carbocycles. The predicted octanol–water partition coefficient (Wildman–Crippen LogP) is 3.52. The number of rotatable bonds is 3. The molecule has 1 aliphatic rings. The molecule has 3 rings (SSSR count). The molecule has 0 atom stereocenters. The number of thiazole rings is 1. The standard InChI is InChI=1S/C14H15Cl2N3S/c15-11-3-1-2-10(14(11)16)12-9-20-13(18-12)8-19-6-4-17-5-7-19/h1-3,9,17H,4-8H2. The van der Waals surface area contributed by atoms with E-state index in [1.807, 2.05) is 12.1 Å². The highest BCUT2D eigenvalue weighted by atomic mass is 35.5. The van der Waals surface area contributed by atoms with Crippen molar-refractivity contribution >= 4 is 34.5 Å². The van der Waals surface area contributed by atoms with Gasteiger partial charge in [0, 0.05) is 37.1 Å². The molecule has 1 saturated heterocycles. The minimum absolute atomic E-state index is 0.570. The molecule has 2 heterocycles. The number of piperazine rings is 1. The molecule has 1 aromatic heterocycles. The molecule has 0 radical (unpaired) electrons. The summed E-state index contributed by atoms with van der Waals surface area (Å²) >= 11 is 14.0. The Morgan fingerprint density at radius 3 is 2.85 bits per heavy atom. The third-order valence-electron chi connectivity index (χ3n) is 3.35. The second-order valence-electron chi connectivity index (χ2n) is 4.75. The van der Waals surface area contributed by atoms with Crippen molar-refractivity contribution in [2.24, 2.45) is 0 Å². The highest BCUT2D eigenvalue weighted by Crippen LogP contribution is 2.33. The van der Waals surface area contributed by atoms with Crippen LogP contribution in [0.25, 0.3) is 11.3 Å². The van der Waals surface area contributed by atoms with E-state index >= 15 is 0 Å². The molecule has 3 nitrogen and oxygen atoms in total. The van der Waals surface area contributed by atoms with Gasteiger partial charge in [-0.15, -0.1) is 11.3 Å². The minimum Gasteiger partial charge on any atom is -0.314 e. The zero-order valence-electron chi connectivity index (χ0n) is 10.9. The highest BCUT2D eigenvalue weighted by Gasteiger charge is 2.14. The molecule has 0 unspecified atom stereocenters. The van der Waals surface area contributed by atoms with Crippen LogP contribution in [-0.2, 0) is 6.54 Å². The quantitative estimate of drug-likeness (QED) is 0.934. The van der Waals surface area contributed by atoms with E-state index in [2.05, 4.69) is 20.6 Å². The average molecular weight is 328 g/mol. The summed E-state index contributed by atoms with van der Waals surface area (Å²) in [7, 11) is 0. The van der Waals surface area contributed by atoms with Gasteiger partial charge in [0.15, 0.2) is 0 Å². The fourth-order valence-corrected chi connectivity index (χ4v) is 3.50. The largest absolute Gasteiger partial charge is 0.314 e. The van der Waals surface area contributed by atoms with Crippen LogP contribution in [0.5, 0.6) is 0 Å². The molecule has 1 aromatic carbocycles. The lowest BCUT2D eigenvalue weighted by molar-refractivity contribution is 0.233. The summed E-state index contributed by atoms with van der Waals surface area (Å²) in [4.78, 5) is 7.11. The number of benzene rings is 1. The van der Waals surface area contributed by atoms with Gasteiger partial charge in [0.25, 0.3) is 0 Å². The number of halogens is 2. The molecule has 20 heavy (non-hydrogen) atoms. The van der Waals surface area contributed by atoms with Gasteiger partial charge < -0.3 is 5.32 Å². The first-order chi connectivity index (χ1) is 9.74. The molecule has 0 bridgehead atoms.